The number of benzene rings is 1. The Morgan fingerprint density at radius 1 is 1.18 bits per heavy atom. The van der Waals surface area contributed by atoms with Crippen LogP contribution in [0.25, 0.3) is 21.3 Å². The summed E-state index contributed by atoms with van der Waals surface area (Å²) in [4.78, 5) is 13.2. The molecule has 0 spiro atoms. The molecule has 0 bridgehead atoms. The van der Waals surface area contributed by atoms with Crippen LogP contribution >= 0.6 is 11.3 Å². The number of aryl methyl sites for hydroxylation is 1. The number of carbonyl (C=O) groups is 1. The van der Waals surface area contributed by atoms with Crippen molar-refractivity contribution in [2.24, 2.45) is 18.4 Å². The Kier molecular flexibility index (Phi) is 7.10. The van der Waals surface area contributed by atoms with E-state index in [2.05, 4.69) is 24.0 Å². The van der Waals surface area contributed by atoms with Crippen molar-refractivity contribution in [2.75, 3.05) is 19.6 Å². The second-order valence-electron chi connectivity index (χ2n) is 11.2. The van der Waals surface area contributed by atoms with Crippen molar-refractivity contribution < 1.29 is 23.1 Å². The van der Waals surface area contributed by atoms with Gasteiger partial charge < -0.3 is 10.0 Å². The van der Waals surface area contributed by atoms with Gasteiger partial charge in [0.1, 0.15) is 10.7 Å². The van der Waals surface area contributed by atoms with Gasteiger partial charge >= 0.3 is 12.1 Å². The molecule has 3 aromatic rings. The number of carboxylic acid groups (broad SMARTS) is 1. The number of rotatable bonds is 6. The van der Waals surface area contributed by atoms with Gasteiger partial charge in [0.05, 0.1) is 11.5 Å². The Morgan fingerprint density at radius 2 is 1.89 bits per heavy atom. The van der Waals surface area contributed by atoms with Crippen LogP contribution in [0.15, 0.2) is 18.2 Å². The highest BCUT2D eigenvalue weighted by molar-refractivity contribution is 7.17. The highest BCUT2D eigenvalue weighted by Crippen LogP contribution is 2.41. The smallest absolute Gasteiger partial charge is 0.416 e. The molecule has 11 heteroatoms. The summed E-state index contributed by atoms with van der Waals surface area (Å²) >= 11 is 1.27. The van der Waals surface area contributed by atoms with Crippen LogP contribution in [0, 0.1) is 11.3 Å². The molecule has 2 aromatic heterocycles. The number of aliphatic carboxylic acids is 1. The minimum absolute atomic E-state index is 0.203. The van der Waals surface area contributed by atoms with E-state index in [9.17, 15) is 18.0 Å². The monoisotopic (exact) mass is 547 g/mol. The molecule has 1 aliphatic heterocycles. The van der Waals surface area contributed by atoms with Gasteiger partial charge in [0.15, 0.2) is 5.01 Å². The van der Waals surface area contributed by atoms with Gasteiger partial charge in [-0.05, 0) is 68.7 Å². The number of nitrogens with zero attached hydrogens (tertiary/aromatic N) is 5. The highest BCUT2D eigenvalue weighted by atomic mass is 32.1. The van der Waals surface area contributed by atoms with Crippen LogP contribution in [0.4, 0.5) is 13.2 Å². The molecule has 1 N–H and O–H groups in total. The second kappa shape index (κ2) is 10.1. The minimum atomic E-state index is -4.50. The van der Waals surface area contributed by atoms with Gasteiger partial charge in [-0.25, -0.2) is 0 Å². The molecule has 0 unspecified atom stereocenters. The predicted molar refractivity (Wildman–Crippen MR) is 139 cm³/mol. The third-order valence-electron chi connectivity index (χ3n) is 7.90. The maximum absolute atomic E-state index is 14.0. The predicted octanol–water partition coefficient (Wildman–Crippen LogP) is 5.48. The first-order valence-corrected chi connectivity index (χ1v) is 13.8. The Labute approximate surface area is 223 Å². The van der Waals surface area contributed by atoms with Gasteiger partial charge in [-0.15, -0.1) is 10.2 Å². The molecule has 1 saturated heterocycles. The molecule has 5 rings (SSSR count). The number of likely N-dealkylation sites (tertiary alicyclic amines) is 1. The SMILES string of the molecule is Cn1nc(-c2nnc(-c3ccc(CCN4CCC(C(=O)O)CC4)c(C(F)(F)F)c3)s2)c2c1CC(C)(C)CC2. The molecule has 38 heavy (non-hydrogen) atoms. The maximum atomic E-state index is 14.0. The largest absolute Gasteiger partial charge is 0.481 e. The van der Waals surface area contributed by atoms with E-state index in [4.69, 9.17) is 10.2 Å². The van der Waals surface area contributed by atoms with Crippen LogP contribution in [0.3, 0.4) is 0 Å². The van der Waals surface area contributed by atoms with Gasteiger partial charge in [0, 0.05) is 30.4 Å². The second-order valence-corrected chi connectivity index (χ2v) is 12.2. The summed E-state index contributed by atoms with van der Waals surface area (Å²) in [5, 5.41) is 23.5. The van der Waals surface area contributed by atoms with Gasteiger partial charge in [0.25, 0.3) is 0 Å². The molecular formula is C27H32F3N5O2S. The highest BCUT2D eigenvalue weighted by Gasteiger charge is 2.35. The van der Waals surface area contributed by atoms with E-state index < -0.39 is 17.7 Å². The Balaban J connectivity index is 1.35. The van der Waals surface area contributed by atoms with Crippen molar-refractivity contribution in [1.29, 1.82) is 0 Å². The van der Waals surface area contributed by atoms with E-state index in [0.717, 1.165) is 30.5 Å². The number of halogens is 3. The molecule has 0 atom stereocenters. The van der Waals surface area contributed by atoms with E-state index in [1.54, 1.807) is 6.07 Å². The number of hydrogen-bond donors (Lipinski definition) is 1. The zero-order chi connectivity index (χ0) is 27.2. The quantitative estimate of drug-likeness (QED) is 0.440. The third kappa shape index (κ3) is 5.49. The number of aromatic nitrogens is 4. The summed E-state index contributed by atoms with van der Waals surface area (Å²) in [5.74, 6) is -1.16. The molecular weight excluding hydrogens is 515 g/mol. The lowest BCUT2D eigenvalue weighted by atomic mass is 9.76. The van der Waals surface area contributed by atoms with Crippen LogP contribution in [0.1, 0.15) is 55.5 Å². The molecule has 204 valence electrons. The molecule has 1 fully saturated rings. The van der Waals surface area contributed by atoms with Crippen LogP contribution in [0.5, 0.6) is 0 Å². The lowest BCUT2D eigenvalue weighted by molar-refractivity contribution is -0.143. The number of fused-ring (bicyclic) bond motifs is 1. The Morgan fingerprint density at radius 3 is 2.58 bits per heavy atom. The Bertz CT molecular complexity index is 1340. The fraction of sp³-hybridized carbons (Fsp3) is 0.556. The molecule has 0 radical (unpaired) electrons. The summed E-state index contributed by atoms with van der Waals surface area (Å²) in [6.07, 6.45) is -0.355. The lowest BCUT2D eigenvalue weighted by Crippen LogP contribution is -2.37. The third-order valence-corrected chi connectivity index (χ3v) is 8.88. The first kappa shape index (κ1) is 26.8. The fourth-order valence-corrected chi connectivity index (χ4v) is 6.42. The van der Waals surface area contributed by atoms with Crippen LogP contribution < -0.4 is 0 Å². The van der Waals surface area contributed by atoms with Crippen LogP contribution in [-0.4, -0.2) is 55.6 Å². The summed E-state index contributed by atoms with van der Waals surface area (Å²) in [5.41, 5.74) is 3.28. The van der Waals surface area contributed by atoms with E-state index in [0.29, 0.717) is 48.1 Å². The van der Waals surface area contributed by atoms with Gasteiger partial charge in [-0.3, -0.25) is 9.48 Å². The van der Waals surface area contributed by atoms with Crippen molar-refractivity contribution in [3.8, 4) is 21.3 Å². The topological polar surface area (TPSA) is 84.1 Å². The molecule has 0 saturated carbocycles. The normalized spacial score (nSPS) is 18.5. The van der Waals surface area contributed by atoms with Crippen molar-refractivity contribution in [3.05, 3.63) is 40.6 Å². The number of carboxylic acids is 1. The van der Waals surface area contributed by atoms with Crippen molar-refractivity contribution >= 4 is 17.3 Å². The summed E-state index contributed by atoms with van der Waals surface area (Å²) < 4.78 is 44.0. The first-order valence-electron chi connectivity index (χ1n) is 13.0. The van der Waals surface area contributed by atoms with E-state index in [-0.39, 0.29) is 23.3 Å². The van der Waals surface area contributed by atoms with Crippen molar-refractivity contribution in [1.82, 2.24) is 24.9 Å². The van der Waals surface area contributed by atoms with E-state index >= 15 is 0 Å². The van der Waals surface area contributed by atoms with E-state index in [1.807, 2.05) is 16.6 Å². The first-order chi connectivity index (χ1) is 17.9. The number of hydrogen-bond acceptors (Lipinski definition) is 6. The fourth-order valence-electron chi connectivity index (χ4n) is 5.57. The molecule has 1 aromatic carbocycles. The zero-order valence-corrected chi connectivity index (χ0v) is 22.6. The zero-order valence-electron chi connectivity index (χ0n) is 21.8. The van der Waals surface area contributed by atoms with Gasteiger partial charge in [0.2, 0.25) is 0 Å². The minimum Gasteiger partial charge on any atom is -0.481 e. The van der Waals surface area contributed by atoms with Crippen LogP contribution in [-0.2, 0) is 37.3 Å². The van der Waals surface area contributed by atoms with E-state index in [1.165, 1.54) is 29.2 Å². The van der Waals surface area contributed by atoms with Gasteiger partial charge in [-0.2, -0.15) is 18.3 Å². The van der Waals surface area contributed by atoms with Crippen molar-refractivity contribution in [2.45, 2.75) is 58.5 Å². The summed E-state index contributed by atoms with van der Waals surface area (Å²) in [6.45, 7) is 6.11. The number of piperidine rings is 1. The van der Waals surface area contributed by atoms with Crippen molar-refractivity contribution in [3.63, 3.8) is 0 Å². The average Bonchev–Trinajstić information content (AvgIpc) is 3.46. The molecule has 3 heterocycles. The molecule has 1 aliphatic carbocycles. The molecule has 0 amide bonds. The molecule has 7 nitrogen and oxygen atoms in total. The Hall–Kier alpha value is -2.79. The molecule has 2 aliphatic rings. The van der Waals surface area contributed by atoms with Gasteiger partial charge in [-0.1, -0.05) is 37.3 Å². The average molecular weight is 548 g/mol. The summed E-state index contributed by atoms with van der Waals surface area (Å²) in [7, 11) is 1.92. The summed E-state index contributed by atoms with van der Waals surface area (Å²) in [6, 6.07) is 4.39. The lowest BCUT2D eigenvalue weighted by Gasteiger charge is -2.30. The standard InChI is InChI=1S/C27H32F3N5O2S/c1-26(2)10-6-19-21(15-26)34(3)33-22(19)24-32-31-23(38-24)18-5-4-16(20(14-18)27(28,29)30)7-11-35-12-8-17(9-13-35)25(36)37/h4-5,14,17H,6-13,15H2,1-3H3,(H,36,37). The maximum Gasteiger partial charge on any atom is 0.416 e. The van der Waals surface area contributed by atoms with Crippen LogP contribution in [0.2, 0.25) is 0 Å². The number of alkyl halides is 3.